The largest absolute Gasteiger partial charge is 0.349 e. The molecule has 0 unspecified atom stereocenters. The van der Waals surface area contributed by atoms with Crippen LogP contribution in [0.3, 0.4) is 0 Å². The predicted molar refractivity (Wildman–Crippen MR) is 102 cm³/mol. The van der Waals surface area contributed by atoms with Gasteiger partial charge >= 0.3 is 0 Å². The predicted octanol–water partition coefficient (Wildman–Crippen LogP) is 4.21. The van der Waals surface area contributed by atoms with E-state index in [1.165, 1.54) is 0 Å². The summed E-state index contributed by atoms with van der Waals surface area (Å²) in [4.78, 5) is 8.85. The maximum Gasteiger partial charge on any atom is 0.243 e. The summed E-state index contributed by atoms with van der Waals surface area (Å²) in [6.07, 6.45) is 3.57. The summed E-state index contributed by atoms with van der Waals surface area (Å²) in [6, 6.07) is 23.9. The molecule has 0 atom stereocenters. The molecule has 0 amide bonds. The van der Waals surface area contributed by atoms with Crippen LogP contribution in [0.15, 0.2) is 85.2 Å². The van der Waals surface area contributed by atoms with E-state index < -0.39 is 0 Å². The fourth-order valence-electron chi connectivity index (χ4n) is 2.67. The first-order valence-electron chi connectivity index (χ1n) is 8.38. The van der Waals surface area contributed by atoms with Crippen molar-refractivity contribution >= 4 is 5.95 Å². The third kappa shape index (κ3) is 3.57. The van der Waals surface area contributed by atoms with Crippen LogP contribution in [0.25, 0.3) is 22.5 Å². The standard InChI is InChI=1S/C21H17N5/c1-3-9-17(10-4-1)19-20(18-11-5-2-6-12-18)25-26-21(24-19)23-15-16-8-7-13-22-14-16/h1-14H,15H2,(H,23,24,26). The number of hydrogen-bond acceptors (Lipinski definition) is 5. The van der Waals surface area contributed by atoms with Crippen molar-refractivity contribution in [3.8, 4) is 22.5 Å². The van der Waals surface area contributed by atoms with Crippen molar-refractivity contribution in [2.45, 2.75) is 6.54 Å². The molecule has 0 aliphatic heterocycles. The van der Waals surface area contributed by atoms with Crippen LogP contribution < -0.4 is 5.32 Å². The summed E-state index contributed by atoms with van der Waals surface area (Å²) < 4.78 is 0. The van der Waals surface area contributed by atoms with Crippen molar-refractivity contribution in [2.24, 2.45) is 0 Å². The van der Waals surface area contributed by atoms with E-state index in [0.29, 0.717) is 12.5 Å². The summed E-state index contributed by atoms with van der Waals surface area (Å²) in [5.41, 5.74) is 4.63. The number of rotatable bonds is 5. The molecule has 0 aliphatic rings. The monoisotopic (exact) mass is 339 g/mol. The molecule has 26 heavy (non-hydrogen) atoms. The van der Waals surface area contributed by atoms with Crippen molar-refractivity contribution in [3.63, 3.8) is 0 Å². The van der Waals surface area contributed by atoms with Crippen molar-refractivity contribution in [1.82, 2.24) is 20.2 Å². The number of pyridine rings is 1. The number of aromatic nitrogens is 4. The molecule has 5 nitrogen and oxygen atoms in total. The second-order valence-corrected chi connectivity index (χ2v) is 5.78. The lowest BCUT2D eigenvalue weighted by molar-refractivity contribution is 0.952. The third-order valence-corrected chi connectivity index (χ3v) is 3.95. The van der Waals surface area contributed by atoms with Gasteiger partial charge in [0.05, 0.1) is 0 Å². The van der Waals surface area contributed by atoms with Crippen molar-refractivity contribution < 1.29 is 0 Å². The lowest BCUT2D eigenvalue weighted by Gasteiger charge is -2.10. The van der Waals surface area contributed by atoms with Crippen LogP contribution in [0.1, 0.15) is 5.56 Å². The molecule has 126 valence electrons. The summed E-state index contributed by atoms with van der Waals surface area (Å²) in [5, 5.41) is 11.9. The molecule has 2 heterocycles. The molecule has 1 N–H and O–H groups in total. The second-order valence-electron chi connectivity index (χ2n) is 5.78. The van der Waals surface area contributed by atoms with Gasteiger partial charge in [-0.15, -0.1) is 10.2 Å². The molecule has 5 heteroatoms. The lowest BCUT2D eigenvalue weighted by atomic mass is 10.0. The molecule has 0 spiro atoms. The van der Waals surface area contributed by atoms with Gasteiger partial charge in [0.15, 0.2) is 0 Å². The van der Waals surface area contributed by atoms with Crippen LogP contribution in [0.4, 0.5) is 5.95 Å². The number of nitrogens with zero attached hydrogens (tertiary/aromatic N) is 4. The molecule has 2 aromatic carbocycles. The average Bonchev–Trinajstić information content (AvgIpc) is 2.74. The maximum atomic E-state index is 4.73. The molecule has 2 aromatic heterocycles. The van der Waals surface area contributed by atoms with Crippen LogP contribution in [-0.4, -0.2) is 20.2 Å². The quantitative estimate of drug-likeness (QED) is 0.590. The van der Waals surface area contributed by atoms with Crippen LogP contribution in [0, 0.1) is 0 Å². The molecule has 4 aromatic rings. The van der Waals surface area contributed by atoms with Gasteiger partial charge in [-0.05, 0) is 11.6 Å². The van der Waals surface area contributed by atoms with Crippen molar-refractivity contribution in [1.29, 1.82) is 0 Å². The van der Waals surface area contributed by atoms with Crippen LogP contribution in [-0.2, 0) is 6.54 Å². The van der Waals surface area contributed by atoms with E-state index in [2.05, 4.69) is 20.5 Å². The fraction of sp³-hybridized carbons (Fsp3) is 0.0476. The summed E-state index contributed by atoms with van der Waals surface area (Å²) >= 11 is 0. The van der Waals surface area contributed by atoms with Crippen molar-refractivity contribution in [3.05, 3.63) is 90.8 Å². The zero-order valence-electron chi connectivity index (χ0n) is 14.1. The van der Waals surface area contributed by atoms with E-state index >= 15 is 0 Å². The Bertz CT molecular complexity index is 973. The maximum absolute atomic E-state index is 4.73. The second kappa shape index (κ2) is 7.53. The minimum Gasteiger partial charge on any atom is -0.349 e. The molecular formula is C21H17N5. The Kier molecular flexibility index (Phi) is 4.60. The first-order chi connectivity index (χ1) is 12.9. The van der Waals surface area contributed by atoms with Crippen LogP contribution in [0.5, 0.6) is 0 Å². The Morgan fingerprint density at radius 3 is 2.04 bits per heavy atom. The van der Waals surface area contributed by atoms with E-state index in [1.807, 2.05) is 79.0 Å². The number of hydrogen-bond donors (Lipinski definition) is 1. The Morgan fingerprint density at radius 1 is 0.692 bits per heavy atom. The van der Waals surface area contributed by atoms with Gasteiger partial charge in [-0.25, -0.2) is 4.98 Å². The Labute approximate surface area is 151 Å². The molecule has 0 bridgehead atoms. The molecule has 4 rings (SSSR count). The first kappa shape index (κ1) is 15.9. The van der Waals surface area contributed by atoms with Gasteiger partial charge in [-0.2, -0.15) is 0 Å². The van der Waals surface area contributed by atoms with E-state index in [1.54, 1.807) is 6.20 Å². The van der Waals surface area contributed by atoms with Gasteiger partial charge in [0, 0.05) is 30.1 Å². The third-order valence-electron chi connectivity index (χ3n) is 3.95. The number of benzene rings is 2. The lowest BCUT2D eigenvalue weighted by Crippen LogP contribution is -2.07. The minimum atomic E-state index is 0.493. The Balaban J connectivity index is 1.70. The number of anilines is 1. The van der Waals surface area contributed by atoms with Gasteiger partial charge in [0.2, 0.25) is 5.95 Å². The minimum absolute atomic E-state index is 0.493. The van der Waals surface area contributed by atoms with E-state index in [0.717, 1.165) is 28.1 Å². The molecule has 0 fully saturated rings. The van der Waals surface area contributed by atoms with Gasteiger partial charge in [0.1, 0.15) is 11.4 Å². The number of nitrogens with one attached hydrogen (secondary N) is 1. The molecule has 0 aliphatic carbocycles. The topological polar surface area (TPSA) is 63.6 Å². The summed E-state index contributed by atoms with van der Waals surface area (Å²) in [5.74, 6) is 0.493. The normalized spacial score (nSPS) is 10.5. The smallest absolute Gasteiger partial charge is 0.243 e. The molecular weight excluding hydrogens is 322 g/mol. The SMILES string of the molecule is c1ccc(-c2nnc(NCc3cccnc3)nc2-c2ccccc2)cc1. The molecule has 0 saturated heterocycles. The van der Waals surface area contributed by atoms with E-state index in [9.17, 15) is 0 Å². The summed E-state index contributed by atoms with van der Waals surface area (Å²) in [7, 11) is 0. The van der Waals surface area contributed by atoms with Gasteiger partial charge < -0.3 is 5.32 Å². The zero-order chi connectivity index (χ0) is 17.6. The highest BCUT2D eigenvalue weighted by atomic mass is 15.2. The highest BCUT2D eigenvalue weighted by Crippen LogP contribution is 2.28. The molecule has 0 saturated carbocycles. The highest BCUT2D eigenvalue weighted by molar-refractivity contribution is 5.77. The Morgan fingerprint density at radius 2 is 1.38 bits per heavy atom. The van der Waals surface area contributed by atoms with E-state index in [-0.39, 0.29) is 0 Å². The van der Waals surface area contributed by atoms with Crippen LogP contribution >= 0.6 is 0 Å². The van der Waals surface area contributed by atoms with Crippen LogP contribution in [0.2, 0.25) is 0 Å². The molecule has 0 radical (unpaired) electrons. The first-order valence-corrected chi connectivity index (χ1v) is 8.38. The van der Waals surface area contributed by atoms with Crippen molar-refractivity contribution in [2.75, 3.05) is 5.32 Å². The van der Waals surface area contributed by atoms with Gasteiger partial charge in [-0.3, -0.25) is 4.98 Å². The van der Waals surface area contributed by atoms with E-state index in [4.69, 9.17) is 4.98 Å². The zero-order valence-corrected chi connectivity index (χ0v) is 14.1. The summed E-state index contributed by atoms with van der Waals surface area (Å²) in [6.45, 7) is 0.592. The fourth-order valence-corrected chi connectivity index (χ4v) is 2.67. The highest BCUT2D eigenvalue weighted by Gasteiger charge is 2.13. The Hall–Kier alpha value is -3.60. The average molecular weight is 339 g/mol. The van der Waals surface area contributed by atoms with Gasteiger partial charge in [0.25, 0.3) is 0 Å². The van der Waals surface area contributed by atoms with Gasteiger partial charge in [-0.1, -0.05) is 66.7 Å².